The number of nitrogens with zero attached hydrogens (tertiary/aromatic N) is 3. The van der Waals surface area contributed by atoms with Gasteiger partial charge in [0.1, 0.15) is 0 Å². The first kappa shape index (κ1) is 23.5. The first-order valence-electron chi connectivity index (χ1n) is 9.64. The molecule has 1 atom stereocenters. The quantitative estimate of drug-likeness (QED) is 0.720. The van der Waals surface area contributed by atoms with Gasteiger partial charge in [-0.15, -0.1) is 24.8 Å². The third-order valence-electron chi connectivity index (χ3n) is 5.61. The smallest absolute Gasteiger partial charge is 0.236 e. The number of carbonyl (C=O) groups excluding carboxylic acids is 2. The summed E-state index contributed by atoms with van der Waals surface area (Å²) in [5.74, 6) is 1.26. The molecular weight excluding hydrogens is 375 g/mol. The lowest BCUT2D eigenvalue weighted by Gasteiger charge is -2.38. The first-order chi connectivity index (χ1) is 11.6. The van der Waals surface area contributed by atoms with Crippen molar-refractivity contribution >= 4 is 36.6 Å². The summed E-state index contributed by atoms with van der Waals surface area (Å²) in [7, 11) is 0. The van der Waals surface area contributed by atoms with E-state index in [0.717, 1.165) is 58.0 Å². The average Bonchev–Trinajstić information content (AvgIpc) is 3.40. The minimum atomic E-state index is 0. The van der Waals surface area contributed by atoms with E-state index in [1.807, 2.05) is 9.80 Å². The topological polar surface area (TPSA) is 55.9 Å². The molecule has 8 heteroatoms. The SMILES string of the molecule is CC1CCCCN1C(=O)CN1CCN(C(=O)CNCC2CC2)CC1.Cl.Cl. The average molecular weight is 409 g/mol. The van der Waals surface area contributed by atoms with Crippen LogP contribution in [0.25, 0.3) is 0 Å². The molecule has 1 aliphatic carbocycles. The third-order valence-corrected chi connectivity index (χ3v) is 5.61. The van der Waals surface area contributed by atoms with Crippen molar-refractivity contribution in [2.24, 2.45) is 5.92 Å². The Labute approximate surface area is 169 Å². The maximum atomic E-state index is 12.5. The molecule has 6 nitrogen and oxygen atoms in total. The summed E-state index contributed by atoms with van der Waals surface area (Å²) in [6.07, 6.45) is 6.11. The van der Waals surface area contributed by atoms with Crippen LogP contribution < -0.4 is 5.32 Å². The Morgan fingerprint density at radius 3 is 2.23 bits per heavy atom. The number of rotatable bonds is 6. The van der Waals surface area contributed by atoms with E-state index in [4.69, 9.17) is 0 Å². The van der Waals surface area contributed by atoms with Gasteiger partial charge in [0, 0.05) is 38.8 Å². The van der Waals surface area contributed by atoms with Crippen LogP contribution >= 0.6 is 24.8 Å². The first-order valence-corrected chi connectivity index (χ1v) is 9.64. The standard InChI is InChI=1S/C18H32N4O2.2ClH/c1-15-4-2-3-7-22(15)18(24)14-20-8-10-21(11-9-20)17(23)13-19-12-16-5-6-16;;/h15-16,19H,2-14H2,1H3;2*1H. The van der Waals surface area contributed by atoms with Gasteiger partial charge in [0.2, 0.25) is 11.8 Å². The number of likely N-dealkylation sites (tertiary alicyclic amines) is 1. The molecule has 0 bridgehead atoms. The Kier molecular flexibility index (Phi) is 10.2. The van der Waals surface area contributed by atoms with Gasteiger partial charge >= 0.3 is 0 Å². The van der Waals surface area contributed by atoms with Crippen molar-refractivity contribution < 1.29 is 9.59 Å². The van der Waals surface area contributed by atoms with Gasteiger partial charge in [-0.2, -0.15) is 0 Å². The van der Waals surface area contributed by atoms with Crippen molar-refractivity contribution in [1.82, 2.24) is 20.0 Å². The summed E-state index contributed by atoms with van der Waals surface area (Å²) in [5, 5.41) is 3.27. The highest BCUT2D eigenvalue weighted by atomic mass is 35.5. The molecule has 2 amide bonds. The van der Waals surface area contributed by atoms with E-state index in [1.54, 1.807) is 0 Å². The number of piperidine rings is 1. The number of piperazine rings is 1. The van der Waals surface area contributed by atoms with Crippen molar-refractivity contribution in [2.75, 3.05) is 52.4 Å². The van der Waals surface area contributed by atoms with Crippen LogP contribution in [0.4, 0.5) is 0 Å². The van der Waals surface area contributed by atoms with E-state index in [-0.39, 0.29) is 36.6 Å². The molecular formula is C18H34Cl2N4O2. The van der Waals surface area contributed by atoms with Crippen LogP contribution in [0.1, 0.15) is 39.0 Å². The van der Waals surface area contributed by atoms with Gasteiger partial charge in [-0.3, -0.25) is 14.5 Å². The summed E-state index contributed by atoms with van der Waals surface area (Å²) in [5.41, 5.74) is 0. The van der Waals surface area contributed by atoms with Gasteiger partial charge in [0.05, 0.1) is 13.1 Å². The van der Waals surface area contributed by atoms with E-state index < -0.39 is 0 Å². The summed E-state index contributed by atoms with van der Waals surface area (Å²) < 4.78 is 0. The van der Waals surface area contributed by atoms with Crippen LogP contribution in [0.2, 0.25) is 0 Å². The van der Waals surface area contributed by atoms with Crippen molar-refractivity contribution in [3.63, 3.8) is 0 Å². The van der Waals surface area contributed by atoms with Crippen LogP contribution in [0.15, 0.2) is 0 Å². The molecule has 26 heavy (non-hydrogen) atoms. The zero-order chi connectivity index (χ0) is 16.9. The Bertz CT molecular complexity index is 454. The van der Waals surface area contributed by atoms with Crippen molar-refractivity contribution in [2.45, 2.75) is 45.1 Å². The molecule has 1 saturated carbocycles. The second-order valence-electron chi connectivity index (χ2n) is 7.66. The lowest BCUT2D eigenvalue weighted by Crippen LogP contribution is -2.54. The number of amides is 2. The highest BCUT2D eigenvalue weighted by Crippen LogP contribution is 2.27. The number of hydrogen-bond acceptors (Lipinski definition) is 4. The highest BCUT2D eigenvalue weighted by Gasteiger charge is 2.27. The number of nitrogens with one attached hydrogen (secondary N) is 1. The van der Waals surface area contributed by atoms with Crippen LogP contribution in [-0.2, 0) is 9.59 Å². The van der Waals surface area contributed by atoms with Crippen molar-refractivity contribution in [1.29, 1.82) is 0 Å². The maximum Gasteiger partial charge on any atom is 0.236 e. The maximum absolute atomic E-state index is 12.5. The summed E-state index contributed by atoms with van der Waals surface area (Å²) >= 11 is 0. The molecule has 2 aliphatic heterocycles. The normalized spacial score (nSPS) is 23.8. The zero-order valence-corrected chi connectivity index (χ0v) is 17.5. The minimum absolute atomic E-state index is 0. The predicted molar refractivity (Wildman–Crippen MR) is 108 cm³/mol. The lowest BCUT2D eigenvalue weighted by molar-refractivity contribution is -0.137. The second kappa shape index (κ2) is 11.3. The third kappa shape index (κ3) is 6.87. The Morgan fingerprint density at radius 1 is 0.923 bits per heavy atom. The van der Waals surface area contributed by atoms with E-state index >= 15 is 0 Å². The molecule has 152 valence electrons. The highest BCUT2D eigenvalue weighted by molar-refractivity contribution is 5.85. The predicted octanol–water partition coefficient (Wildman–Crippen LogP) is 1.37. The number of halogens is 2. The summed E-state index contributed by atoms with van der Waals surface area (Å²) in [6, 6.07) is 0.381. The molecule has 2 heterocycles. The Hall–Kier alpha value is -0.560. The van der Waals surface area contributed by atoms with Gasteiger partial charge in [-0.1, -0.05) is 0 Å². The van der Waals surface area contributed by atoms with E-state index in [1.165, 1.54) is 19.3 Å². The summed E-state index contributed by atoms with van der Waals surface area (Å²) in [4.78, 5) is 30.9. The molecule has 0 aromatic heterocycles. The molecule has 0 radical (unpaired) electrons. The molecule has 0 spiro atoms. The molecule has 0 aromatic rings. The second-order valence-corrected chi connectivity index (χ2v) is 7.66. The van der Waals surface area contributed by atoms with Gasteiger partial charge < -0.3 is 15.1 Å². The number of carbonyl (C=O) groups is 2. The van der Waals surface area contributed by atoms with Crippen molar-refractivity contribution in [3.8, 4) is 0 Å². The fraction of sp³-hybridized carbons (Fsp3) is 0.889. The summed E-state index contributed by atoms with van der Waals surface area (Å²) in [6.45, 7) is 8.11. The van der Waals surface area contributed by atoms with Gasteiger partial charge in [0.25, 0.3) is 0 Å². The monoisotopic (exact) mass is 408 g/mol. The van der Waals surface area contributed by atoms with Crippen LogP contribution in [-0.4, -0.2) is 84.9 Å². The minimum Gasteiger partial charge on any atom is -0.339 e. The zero-order valence-electron chi connectivity index (χ0n) is 15.8. The van der Waals surface area contributed by atoms with Crippen LogP contribution in [0, 0.1) is 5.92 Å². The fourth-order valence-corrected chi connectivity index (χ4v) is 3.72. The Balaban J connectivity index is 0.00000169. The van der Waals surface area contributed by atoms with Gasteiger partial charge in [0.15, 0.2) is 0 Å². The molecule has 3 aliphatic rings. The molecule has 3 rings (SSSR count). The molecule has 0 aromatic carbocycles. The molecule has 1 unspecified atom stereocenters. The van der Waals surface area contributed by atoms with Crippen LogP contribution in [0.3, 0.4) is 0 Å². The van der Waals surface area contributed by atoms with Crippen molar-refractivity contribution in [3.05, 3.63) is 0 Å². The lowest BCUT2D eigenvalue weighted by atomic mass is 10.0. The number of hydrogen-bond donors (Lipinski definition) is 1. The van der Waals surface area contributed by atoms with E-state index in [0.29, 0.717) is 19.1 Å². The largest absolute Gasteiger partial charge is 0.339 e. The van der Waals surface area contributed by atoms with E-state index in [2.05, 4.69) is 17.1 Å². The Morgan fingerprint density at radius 2 is 1.62 bits per heavy atom. The molecule has 2 saturated heterocycles. The fourth-order valence-electron chi connectivity index (χ4n) is 3.72. The van der Waals surface area contributed by atoms with Gasteiger partial charge in [-0.25, -0.2) is 0 Å². The molecule has 1 N–H and O–H groups in total. The van der Waals surface area contributed by atoms with Crippen LogP contribution in [0.5, 0.6) is 0 Å². The van der Waals surface area contributed by atoms with E-state index in [9.17, 15) is 9.59 Å². The molecule has 3 fully saturated rings. The van der Waals surface area contributed by atoms with Gasteiger partial charge in [-0.05, 0) is 51.5 Å².